The van der Waals surface area contributed by atoms with Crippen molar-refractivity contribution in [2.75, 3.05) is 6.26 Å². The molecule has 0 aromatic heterocycles. The molecule has 0 unspecified atom stereocenters. The van der Waals surface area contributed by atoms with Crippen LogP contribution in [0, 0.1) is 6.92 Å². The third-order valence-corrected chi connectivity index (χ3v) is 4.55. The topological polar surface area (TPSA) is 71.4 Å². The van der Waals surface area contributed by atoms with Gasteiger partial charge in [-0.3, -0.25) is 0 Å². The number of sulfone groups is 1. The Hall–Kier alpha value is -2.35. The minimum Gasteiger partial charge on any atom is -0.478 e. The molecule has 1 N–H and O–H groups in total. The smallest absolute Gasteiger partial charge is 0.417 e. The zero-order chi connectivity index (χ0) is 18.3. The average molecular weight is 358 g/mol. The summed E-state index contributed by atoms with van der Waals surface area (Å²) in [5.74, 6) is -1.84. The van der Waals surface area contributed by atoms with Gasteiger partial charge in [0.15, 0.2) is 9.84 Å². The summed E-state index contributed by atoms with van der Waals surface area (Å²) in [6, 6.07) is 7.36. The van der Waals surface area contributed by atoms with Crippen LogP contribution in [0.4, 0.5) is 13.2 Å². The van der Waals surface area contributed by atoms with E-state index in [1.54, 1.807) is 19.1 Å². The summed E-state index contributed by atoms with van der Waals surface area (Å²) in [7, 11) is -3.94. The van der Waals surface area contributed by atoms with Crippen LogP contribution in [0.5, 0.6) is 0 Å². The molecule has 8 heteroatoms. The van der Waals surface area contributed by atoms with Crippen LogP contribution in [-0.2, 0) is 16.0 Å². The van der Waals surface area contributed by atoms with E-state index in [2.05, 4.69) is 0 Å². The Morgan fingerprint density at radius 1 is 1.08 bits per heavy atom. The van der Waals surface area contributed by atoms with Crippen LogP contribution in [0.3, 0.4) is 0 Å². The molecule has 0 spiro atoms. The van der Waals surface area contributed by atoms with Crippen LogP contribution >= 0.6 is 0 Å². The molecule has 0 amide bonds. The van der Waals surface area contributed by atoms with Gasteiger partial charge < -0.3 is 5.11 Å². The number of halogens is 3. The van der Waals surface area contributed by atoms with E-state index in [0.717, 1.165) is 11.8 Å². The molecule has 2 rings (SSSR count). The Kier molecular flexibility index (Phi) is 4.45. The van der Waals surface area contributed by atoms with Crippen LogP contribution in [0.15, 0.2) is 41.3 Å². The maximum absolute atomic E-state index is 13.2. The molecule has 0 aliphatic heterocycles. The van der Waals surface area contributed by atoms with Gasteiger partial charge in [-0.15, -0.1) is 0 Å². The highest BCUT2D eigenvalue weighted by Gasteiger charge is 2.37. The summed E-state index contributed by atoms with van der Waals surface area (Å²) in [4.78, 5) is 10.7. The quantitative estimate of drug-likeness (QED) is 0.906. The number of hydrogen-bond donors (Lipinski definition) is 1. The highest BCUT2D eigenvalue weighted by atomic mass is 32.2. The molecule has 4 nitrogen and oxygen atoms in total. The number of hydrogen-bond acceptors (Lipinski definition) is 3. The third-order valence-electron chi connectivity index (χ3n) is 3.42. The van der Waals surface area contributed by atoms with Gasteiger partial charge in [0.1, 0.15) is 0 Å². The predicted octanol–water partition coefficient (Wildman–Crippen LogP) is 3.78. The van der Waals surface area contributed by atoms with E-state index in [1.807, 2.05) is 0 Å². The number of rotatable bonds is 3. The van der Waals surface area contributed by atoms with E-state index >= 15 is 0 Å². The molecule has 2 aromatic rings. The van der Waals surface area contributed by atoms with Crippen molar-refractivity contribution < 1.29 is 31.5 Å². The summed E-state index contributed by atoms with van der Waals surface area (Å²) < 4.78 is 63.5. The normalized spacial score (nSPS) is 12.2. The van der Waals surface area contributed by atoms with E-state index < -0.39 is 38.0 Å². The highest BCUT2D eigenvalue weighted by Crippen LogP contribution is 2.38. The van der Waals surface area contributed by atoms with Crippen LogP contribution < -0.4 is 0 Å². The fourth-order valence-corrected chi connectivity index (χ4v) is 3.16. The Morgan fingerprint density at radius 2 is 1.62 bits per heavy atom. The van der Waals surface area contributed by atoms with Crippen LogP contribution in [0.25, 0.3) is 11.1 Å². The Morgan fingerprint density at radius 3 is 2.04 bits per heavy atom. The van der Waals surface area contributed by atoms with Crippen molar-refractivity contribution in [2.24, 2.45) is 0 Å². The molecule has 2 aromatic carbocycles. The number of aromatic carboxylic acids is 1. The molecule has 0 saturated heterocycles. The zero-order valence-corrected chi connectivity index (χ0v) is 13.5. The molecule has 0 bridgehead atoms. The molecule has 0 atom stereocenters. The maximum Gasteiger partial charge on any atom is 0.417 e. The molecular formula is C16H13F3O4S. The van der Waals surface area contributed by atoms with Gasteiger partial charge >= 0.3 is 12.1 Å². The standard InChI is InChI=1S/C16H13F3O4S/c1-9-3-5-10(6-4-9)11-7-13(16(17,18)19)12(15(20)21)8-14(11)24(2,22)23/h3-8H,1-2H3,(H,20,21). The lowest BCUT2D eigenvalue weighted by molar-refractivity contribution is -0.138. The Balaban J connectivity index is 2.91. The first-order chi connectivity index (χ1) is 10.9. The largest absolute Gasteiger partial charge is 0.478 e. The molecule has 0 radical (unpaired) electrons. The zero-order valence-electron chi connectivity index (χ0n) is 12.7. The monoisotopic (exact) mass is 358 g/mol. The van der Waals surface area contributed by atoms with Crippen molar-refractivity contribution in [2.45, 2.75) is 18.0 Å². The SMILES string of the molecule is Cc1ccc(-c2cc(C(F)(F)F)c(C(=O)O)cc2S(C)(=O)=O)cc1. The molecule has 128 valence electrons. The maximum atomic E-state index is 13.2. The second kappa shape index (κ2) is 5.94. The first-order valence-corrected chi connectivity index (χ1v) is 8.56. The van der Waals surface area contributed by atoms with Crippen LogP contribution in [-0.4, -0.2) is 25.7 Å². The number of carboxylic acids is 1. The number of benzene rings is 2. The van der Waals surface area contributed by atoms with Gasteiger partial charge in [0.05, 0.1) is 16.0 Å². The lowest BCUT2D eigenvalue weighted by Gasteiger charge is -2.16. The Bertz CT molecular complexity index is 898. The number of carbonyl (C=O) groups is 1. The van der Waals surface area contributed by atoms with Crippen molar-refractivity contribution in [3.05, 3.63) is 53.1 Å². The van der Waals surface area contributed by atoms with Gasteiger partial charge in [-0.1, -0.05) is 29.8 Å². The summed E-state index contributed by atoms with van der Waals surface area (Å²) >= 11 is 0. The molecule has 0 aliphatic rings. The van der Waals surface area contributed by atoms with Crippen molar-refractivity contribution in [1.29, 1.82) is 0 Å². The molecule has 0 fully saturated rings. The fourth-order valence-electron chi connectivity index (χ4n) is 2.26. The van der Waals surface area contributed by atoms with Crippen molar-refractivity contribution in [3.8, 4) is 11.1 Å². The van der Waals surface area contributed by atoms with Crippen LogP contribution in [0.1, 0.15) is 21.5 Å². The number of alkyl halides is 3. The molecule has 0 heterocycles. The lowest BCUT2D eigenvalue weighted by Crippen LogP contribution is -2.15. The second-order valence-electron chi connectivity index (χ2n) is 5.34. The first-order valence-electron chi connectivity index (χ1n) is 6.67. The number of aryl methyl sites for hydroxylation is 1. The van der Waals surface area contributed by atoms with Crippen LogP contribution in [0.2, 0.25) is 0 Å². The van der Waals surface area contributed by atoms with E-state index in [1.165, 1.54) is 12.1 Å². The van der Waals surface area contributed by atoms with Gasteiger partial charge in [-0.25, -0.2) is 13.2 Å². The van der Waals surface area contributed by atoms with Crippen molar-refractivity contribution in [3.63, 3.8) is 0 Å². The first kappa shape index (κ1) is 18.0. The summed E-state index contributed by atoms with van der Waals surface area (Å²) in [6.07, 6.45) is -4.11. The molecule has 24 heavy (non-hydrogen) atoms. The van der Waals surface area contributed by atoms with Crippen molar-refractivity contribution >= 4 is 15.8 Å². The average Bonchev–Trinajstić information content (AvgIpc) is 2.44. The minimum atomic E-state index is -4.93. The van der Waals surface area contributed by atoms with Gasteiger partial charge in [-0.2, -0.15) is 13.2 Å². The minimum absolute atomic E-state index is 0.185. The summed E-state index contributed by atoms with van der Waals surface area (Å²) in [5.41, 5.74) is -1.58. The third kappa shape index (κ3) is 3.59. The second-order valence-corrected chi connectivity index (χ2v) is 7.32. The summed E-state index contributed by atoms with van der Waals surface area (Å²) in [6.45, 7) is 1.77. The highest BCUT2D eigenvalue weighted by molar-refractivity contribution is 7.90. The van der Waals surface area contributed by atoms with E-state index in [9.17, 15) is 26.4 Å². The van der Waals surface area contributed by atoms with Crippen molar-refractivity contribution in [1.82, 2.24) is 0 Å². The molecule has 0 saturated carbocycles. The summed E-state index contributed by atoms with van der Waals surface area (Å²) in [5, 5.41) is 9.02. The molecule has 0 aliphatic carbocycles. The predicted molar refractivity (Wildman–Crippen MR) is 81.7 cm³/mol. The van der Waals surface area contributed by atoms with Gasteiger partial charge in [0.25, 0.3) is 0 Å². The van der Waals surface area contributed by atoms with E-state index in [-0.39, 0.29) is 11.1 Å². The van der Waals surface area contributed by atoms with Gasteiger partial charge in [0.2, 0.25) is 0 Å². The lowest BCUT2D eigenvalue weighted by atomic mass is 9.98. The number of carboxylic acid groups (broad SMARTS) is 1. The fraction of sp³-hybridized carbons (Fsp3) is 0.188. The van der Waals surface area contributed by atoms with Gasteiger partial charge in [-0.05, 0) is 24.6 Å². The van der Waals surface area contributed by atoms with E-state index in [4.69, 9.17) is 5.11 Å². The van der Waals surface area contributed by atoms with E-state index in [0.29, 0.717) is 12.1 Å². The Labute approximate surface area is 136 Å². The van der Waals surface area contributed by atoms with Gasteiger partial charge in [0, 0.05) is 11.8 Å². The molecular weight excluding hydrogens is 345 g/mol.